The molecule has 0 unspecified atom stereocenters. The molecule has 0 spiro atoms. The second-order valence-corrected chi connectivity index (χ2v) is 8.78. The summed E-state index contributed by atoms with van der Waals surface area (Å²) >= 11 is 1.37. The molecule has 0 bridgehead atoms. The molecule has 2 heterocycles. The first-order valence-corrected chi connectivity index (χ1v) is 11.7. The van der Waals surface area contributed by atoms with Crippen molar-refractivity contribution in [1.82, 2.24) is 4.98 Å². The molecular formula is C25H26N2O5S. The third kappa shape index (κ3) is 5.79. The van der Waals surface area contributed by atoms with Crippen molar-refractivity contribution >= 4 is 17.7 Å². The Balaban J connectivity index is 1.55. The van der Waals surface area contributed by atoms with Gasteiger partial charge in [-0.25, -0.2) is 9.78 Å². The molecular weight excluding hydrogens is 440 g/mol. The number of ether oxygens (including phenoxy) is 2. The number of nitrogens with zero attached hydrogens (tertiary/aromatic N) is 1. The number of thioether (sulfide) groups is 1. The second kappa shape index (κ2) is 10.9. The van der Waals surface area contributed by atoms with E-state index in [4.69, 9.17) is 15.2 Å². The Morgan fingerprint density at radius 2 is 1.73 bits per heavy atom. The Morgan fingerprint density at radius 3 is 2.39 bits per heavy atom. The number of aromatic nitrogens is 1. The number of carbonyl (C=O) groups is 1. The number of aliphatic hydroxyl groups excluding tert-OH is 1. The monoisotopic (exact) mass is 466 g/mol. The van der Waals surface area contributed by atoms with Crippen molar-refractivity contribution in [2.45, 2.75) is 43.1 Å². The van der Waals surface area contributed by atoms with E-state index in [0.29, 0.717) is 23.7 Å². The molecule has 2 aromatic carbocycles. The van der Waals surface area contributed by atoms with E-state index in [0.717, 1.165) is 22.3 Å². The average Bonchev–Trinajstić information content (AvgIpc) is 2.87. The third-order valence-electron chi connectivity index (χ3n) is 5.51. The number of nitrogens with two attached hydrogens (primary N) is 1. The molecule has 0 saturated carbocycles. The van der Waals surface area contributed by atoms with Gasteiger partial charge in [-0.05, 0) is 28.8 Å². The van der Waals surface area contributed by atoms with Crippen LogP contribution in [0.25, 0.3) is 0 Å². The highest BCUT2D eigenvalue weighted by Crippen LogP contribution is 2.39. The Hall–Kier alpha value is -2.75. The lowest BCUT2D eigenvalue weighted by molar-refractivity contribution is -0.245. The molecule has 4 N–H and O–H groups in total. The summed E-state index contributed by atoms with van der Waals surface area (Å²) in [7, 11) is 0. The lowest BCUT2D eigenvalue weighted by Crippen LogP contribution is -2.31. The molecule has 8 heteroatoms. The van der Waals surface area contributed by atoms with Crippen LogP contribution in [0.3, 0.4) is 0 Å². The Bertz CT molecular complexity index is 1020. The fourth-order valence-electron chi connectivity index (χ4n) is 3.67. The van der Waals surface area contributed by atoms with E-state index >= 15 is 0 Å². The number of carboxylic acid groups (broad SMARTS) is 1. The topological polar surface area (TPSA) is 115 Å². The third-order valence-corrected chi connectivity index (χ3v) is 6.65. The van der Waals surface area contributed by atoms with Gasteiger partial charge < -0.3 is 25.4 Å². The molecule has 3 aromatic rings. The zero-order valence-corrected chi connectivity index (χ0v) is 18.8. The van der Waals surface area contributed by atoms with Crippen molar-refractivity contribution in [2.24, 2.45) is 5.73 Å². The molecule has 1 aliphatic heterocycles. The van der Waals surface area contributed by atoms with E-state index in [1.54, 1.807) is 18.3 Å². The van der Waals surface area contributed by atoms with Crippen LogP contribution in [-0.2, 0) is 22.6 Å². The lowest BCUT2D eigenvalue weighted by Gasteiger charge is -2.36. The number of hydrogen-bond acceptors (Lipinski definition) is 7. The van der Waals surface area contributed by atoms with Gasteiger partial charge in [-0.15, -0.1) is 11.8 Å². The highest BCUT2D eigenvalue weighted by Gasteiger charge is 2.32. The average molecular weight is 467 g/mol. The van der Waals surface area contributed by atoms with Gasteiger partial charge in [0.1, 0.15) is 5.03 Å². The van der Waals surface area contributed by atoms with Gasteiger partial charge in [0.2, 0.25) is 0 Å². The summed E-state index contributed by atoms with van der Waals surface area (Å²) in [4.78, 5) is 15.8. The normalized spacial score (nSPS) is 20.5. The van der Waals surface area contributed by atoms with Crippen LogP contribution in [0.4, 0.5) is 0 Å². The van der Waals surface area contributed by atoms with Crippen molar-refractivity contribution in [3.63, 3.8) is 0 Å². The zero-order valence-electron chi connectivity index (χ0n) is 18.0. The Kier molecular flexibility index (Phi) is 7.74. The highest BCUT2D eigenvalue weighted by molar-refractivity contribution is 7.99. The first-order valence-electron chi connectivity index (χ1n) is 10.7. The van der Waals surface area contributed by atoms with Gasteiger partial charge >= 0.3 is 5.97 Å². The summed E-state index contributed by atoms with van der Waals surface area (Å²) in [5, 5.41) is 19.2. The SMILES string of the molecule is NCc1ccc([C@H]2O[C@@H](CSc3ncccc3C(=O)O)C[C@@H](c3ccc(CO)cc3)O2)cc1. The zero-order chi connectivity index (χ0) is 23.2. The largest absolute Gasteiger partial charge is 0.478 e. The van der Waals surface area contributed by atoms with Crippen LogP contribution >= 0.6 is 11.8 Å². The van der Waals surface area contributed by atoms with Crippen LogP contribution in [0.5, 0.6) is 0 Å². The Morgan fingerprint density at radius 1 is 1.03 bits per heavy atom. The van der Waals surface area contributed by atoms with Crippen molar-refractivity contribution < 1.29 is 24.5 Å². The van der Waals surface area contributed by atoms with Crippen LogP contribution in [0.2, 0.25) is 0 Å². The summed E-state index contributed by atoms with van der Waals surface area (Å²) in [6.07, 6.45) is 1.24. The number of rotatable bonds is 8. The van der Waals surface area contributed by atoms with Crippen LogP contribution in [0, 0.1) is 0 Å². The van der Waals surface area contributed by atoms with Crippen LogP contribution < -0.4 is 5.73 Å². The molecule has 172 valence electrons. The quantitative estimate of drug-likeness (QED) is 0.426. The maximum atomic E-state index is 11.5. The fourth-order valence-corrected chi connectivity index (χ4v) is 4.68. The smallest absolute Gasteiger partial charge is 0.338 e. The van der Waals surface area contributed by atoms with E-state index in [9.17, 15) is 15.0 Å². The van der Waals surface area contributed by atoms with E-state index < -0.39 is 12.3 Å². The molecule has 1 saturated heterocycles. The second-order valence-electron chi connectivity index (χ2n) is 7.77. The molecule has 0 amide bonds. The molecule has 0 aliphatic carbocycles. The van der Waals surface area contributed by atoms with Crippen molar-refractivity contribution in [3.8, 4) is 0 Å². The minimum absolute atomic E-state index is 0.0136. The highest BCUT2D eigenvalue weighted by atomic mass is 32.2. The predicted octanol–water partition coefficient (Wildman–Crippen LogP) is 4.07. The van der Waals surface area contributed by atoms with Crippen molar-refractivity contribution in [2.75, 3.05) is 5.75 Å². The number of pyridine rings is 1. The predicted molar refractivity (Wildman–Crippen MR) is 125 cm³/mol. The molecule has 4 rings (SSSR count). The van der Waals surface area contributed by atoms with E-state index in [2.05, 4.69) is 4.98 Å². The number of aromatic carboxylic acids is 1. The molecule has 3 atom stereocenters. The van der Waals surface area contributed by atoms with E-state index in [1.165, 1.54) is 11.8 Å². The summed E-state index contributed by atoms with van der Waals surface area (Å²) < 4.78 is 12.6. The number of hydrogen-bond donors (Lipinski definition) is 3. The van der Waals surface area contributed by atoms with Gasteiger partial charge in [-0.2, -0.15) is 0 Å². The van der Waals surface area contributed by atoms with Crippen molar-refractivity contribution in [3.05, 3.63) is 94.7 Å². The summed E-state index contributed by atoms with van der Waals surface area (Å²) in [5.74, 6) is -0.471. The molecule has 0 radical (unpaired) electrons. The minimum atomic E-state index is -1.00. The van der Waals surface area contributed by atoms with Crippen molar-refractivity contribution in [1.29, 1.82) is 0 Å². The van der Waals surface area contributed by atoms with Gasteiger partial charge in [-0.3, -0.25) is 0 Å². The maximum Gasteiger partial charge on any atom is 0.338 e. The number of benzene rings is 2. The summed E-state index contributed by atoms with van der Waals surface area (Å²) in [6, 6.07) is 18.7. The van der Waals surface area contributed by atoms with Crippen LogP contribution in [0.1, 0.15) is 51.4 Å². The fraction of sp³-hybridized carbons (Fsp3) is 0.280. The van der Waals surface area contributed by atoms with Gasteiger partial charge in [0, 0.05) is 30.5 Å². The Labute approximate surface area is 196 Å². The van der Waals surface area contributed by atoms with Crippen LogP contribution in [-0.4, -0.2) is 33.0 Å². The first-order chi connectivity index (χ1) is 16.1. The number of carboxylic acids is 1. The molecule has 1 fully saturated rings. The first kappa shape index (κ1) is 23.4. The molecule has 1 aliphatic rings. The standard InChI is InChI=1S/C25H26N2O5S/c26-13-16-3-9-19(10-4-16)25-31-20(15-33-23-21(24(29)30)2-1-11-27-23)12-22(32-25)18-7-5-17(14-28)6-8-18/h1-11,20,22,25,28H,12-15,26H2,(H,29,30)/t20-,22+,25+/m1/s1. The van der Waals surface area contributed by atoms with Gasteiger partial charge in [0.15, 0.2) is 6.29 Å². The summed E-state index contributed by atoms with van der Waals surface area (Å²) in [6.45, 7) is 0.446. The molecule has 7 nitrogen and oxygen atoms in total. The lowest BCUT2D eigenvalue weighted by atomic mass is 10.0. The minimum Gasteiger partial charge on any atom is -0.478 e. The van der Waals surface area contributed by atoms with E-state index in [1.807, 2.05) is 48.5 Å². The van der Waals surface area contributed by atoms with Crippen LogP contribution in [0.15, 0.2) is 71.9 Å². The molecule has 1 aromatic heterocycles. The maximum absolute atomic E-state index is 11.5. The van der Waals surface area contributed by atoms with Gasteiger partial charge in [0.05, 0.1) is 24.4 Å². The van der Waals surface area contributed by atoms with E-state index in [-0.39, 0.29) is 24.4 Å². The molecule has 33 heavy (non-hydrogen) atoms. The van der Waals surface area contributed by atoms with Gasteiger partial charge in [-0.1, -0.05) is 48.5 Å². The summed E-state index contributed by atoms with van der Waals surface area (Å²) in [5.41, 5.74) is 9.65. The van der Waals surface area contributed by atoms with Gasteiger partial charge in [0.25, 0.3) is 0 Å². The number of aliphatic hydroxyl groups is 1.